The highest BCUT2D eigenvalue weighted by molar-refractivity contribution is 7.10. The van der Waals surface area contributed by atoms with Crippen molar-refractivity contribution in [1.82, 2.24) is 4.90 Å². The Balaban J connectivity index is 1.49. The van der Waals surface area contributed by atoms with E-state index in [4.69, 9.17) is 4.42 Å². The second-order valence-electron chi connectivity index (χ2n) is 5.40. The first-order valence-corrected chi connectivity index (χ1v) is 8.18. The Kier molecular flexibility index (Phi) is 3.31. The van der Waals surface area contributed by atoms with E-state index in [1.165, 1.54) is 10.4 Å². The average Bonchev–Trinajstić information content (AvgIpc) is 3.17. The van der Waals surface area contributed by atoms with Crippen molar-refractivity contribution in [1.29, 1.82) is 0 Å². The lowest BCUT2D eigenvalue weighted by molar-refractivity contribution is -0.126. The lowest BCUT2D eigenvalue weighted by atomic mass is 10.1. The molecule has 4 rings (SSSR count). The van der Waals surface area contributed by atoms with Gasteiger partial charge in [-0.05, 0) is 41.6 Å². The molecule has 1 aromatic carbocycles. The maximum absolute atomic E-state index is 12.3. The molecule has 3 heterocycles. The van der Waals surface area contributed by atoms with Crippen molar-refractivity contribution < 1.29 is 9.21 Å². The quantitative estimate of drug-likeness (QED) is 0.668. The van der Waals surface area contributed by atoms with Crippen molar-refractivity contribution in [3.63, 3.8) is 0 Å². The molecule has 0 spiro atoms. The van der Waals surface area contributed by atoms with Gasteiger partial charge in [-0.2, -0.15) is 0 Å². The second-order valence-corrected chi connectivity index (χ2v) is 6.40. The van der Waals surface area contributed by atoms with E-state index in [-0.39, 0.29) is 5.91 Å². The smallest absolute Gasteiger partial charge is 0.247 e. The summed E-state index contributed by atoms with van der Waals surface area (Å²) in [5.74, 6) is 0.750. The number of furan rings is 1. The molecule has 1 aliphatic rings. The van der Waals surface area contributed by atoms with Crippen LogP contribution in [-0.4, -0.2) is 17.4 Å². The number of nitrogens with zero attached hydrogens (tertiary/aromatic N) is 1. The largest absolute Gasteiger partial charge is 0.457 e. The minimum absolute atomic E-state index is 0.0392. The second kappa shape index (κ2) is 5.46. The highest BCUT2D eigenvalue weighted by Crippen LogP contribution is 2.24. The SMILES string of the molecule is O=C(/C=C/c1cc2ccccc2o1)N1CCc2sccc2C1. The lowest BCUT2D eigenvalue weighted by Gasteiger charge is -2.25. The molecule has 0 saturated carbocycles. The van der Waals surface area contributed by atoms with Crippen LogP contribution in [0.4, 0.5) is 0 Å². The zero-order valence-electron chi connectivity index (χ0n) is 12.0. The summed E-state index contributed by atoms with van der Waals surface area (Å²) in [5, 5.41) is 3.15. The van der Waals surface area contributed by atoms with Gasteiger partial charge in [-0.25, -0.2) is 0 Å². The molecule has 4 heteroatoms. The van der Waals surface area contributed by atoms with Crippen LogP contribution in [0.2, 0.25) is 0 Å². The maximum Gasteiger partial charge on any atom is 0.247 e. The molecule has 110 valence electrons. The summed E-state index contributed by atoms with van der Waals surface area (Å²) in [6, 6.07) is 11.9. The lowest BCUT2D eigenvalue weighted by Crippen LogP contribution is -2.34. The van der Waals surface area contributed by atoms with E-state index in [9.17, 15) is 4.79 Å². The van der Waals surface area contributed by atoms with Crippen molar-refractivity contribution in [2.75, 3.05) is 6.54 Å². The molecule has 0 saturated heterocycles. The molecule has 3 aromatic rings. The Bertz CT molecular complexity index is 826. The first-order valence-electron chi connectivity index (χ1n) is 7.30. The minimum Gasteiger partial charge on any atom is -0.457 e. The fourth-order valence-corrected chi connectivity index (χ4v) is 3.67. The summed E-state index contributed by atoms with van der Waals surface area (Å²) in [4.78, 5) is 15.6. The summed E-state index contributed by atoms with van der Waals surface area (Å²) >= 11 is 1.78. The van der Waals surface area contributed by atoms with E-state index in [1.54, 1.807) is 23.5 Å². The highest BCUT2D eigenvalue weighted by Gasteiger charge is 2.19. The first-order chi connectivity index (χ1) is 10.8. The summed E-state index contributed by atoms with van der Waals surface area (Å²) in [5.41, 5.74) is 2.12. The Labute approximate surface area is 132 Å². The molecular formula is C18H15NO2S. The zero-order valence-corrected chi connectivity index (χ0v) is 12.8. The van der Waals surface area contributed by atoms with E-state index in [0.29, 0.717) is 12.3 Å². The number of para-hydroxylation sites is 1. The first kappa shape index (κ1) is 13.3. The van der Waals surface area contributed by atoms with Gasteiger partial charge in [0.25, 0.3) is 0 Å². The normalized spacial score (nSPS) is 14.6. The molecule has 1 amide bonds. The Hall–Kier alpha value is -2.33. The number of thiophene rings is 1. The van der Waals surface area contributed by atoms with Crippen LogP contribution >= 0.6 is 11.3 Å². The number of benzene rings is 1. The summed E-state index contributed by atoms with van der Waals surface area (Å²) in [6.07, 6.45) is 4.32. The van der Waals surface area contributed by atoms with E-state index >= 15 is 0 Å². The predicted octanol–water partition coefficient (Wildman–Crippen LogP) is 4.09. The number of fused-ring (bicyclic) bond motifs is 2. The summed E-state index contributed by atoms with van der Waals surface area (Å²) < 4.78 is 5.69. The Morgan fingerprint density at radius 3 is 3.09 bits per heavy atom. The van der Waals surface area contributed by atoms with Crippen LogP contribution in [0.25, 0.3) is 17.0 Å². The average molecular weight is 309 g/mol. The number of hydrogen-bond acceptors (Lipinski definition) is 3. The third kappa shape index (κ3) is 2.46. The van der Waals surface area contributed by atoms with Crippen molar-refractivity contribution in [2.24, 2.45) is 0 Å². The van der Waals surface area contributed by atoms with Gasteiger partial charge < -0.3 is 9.32 Å². The summed E-state index contributed by atoms with van der Waals surface area (Å²) in [6.45, 7) is 1.50. The van der Waals surface area contributed by atoms with Gasteiger partial charge in [0.1, 0.15) is 11.3 Å². The van der Waals surface area contributed by atoms with Gasteiger partial charge in [0.2, 0.25) is 5.91 Å². The molecule has 2 aromatic heterocycles. The molecule has 22 heavy (non-hydrogen) atoms. The molecule has 0 N–H and O–H groups in total. The maximum atomic E-state index is 12.3. The molecule has 0 unspecified atom stereocenters. The van der Waals surface area contributed by atoms with Crippen LogP contribution in [-0.2, 0) is 17.8 Å². The van der Waals surface area contributed by atoms with E-state index in [0.717, 1.165) is 23.9 Å². The monoisotopic (exact) mass is 309 g/mol. The van der Waals surface area contributed by atoms with Crippen LogP contribution < -0.4 is 0 Å². The third-order valence-electron chi connectivity index (χ3n) is 3.95. The molecule has 0 atom stereocenters. The molecule has 0 fully saturated rings. The van der Waals surface area contributed by atoms with Gasteiger partial charge >= 0.3 is 0 Å². The van der Waals surface area contributed by atoms with Crippen molar-refractivity contribution in [3.05, 3.63) is 64.1 Å². The number of carbonyl (C=O) groups is 1. The Morgan fingerprint density at radius 2 is 2.18 bits per heavy atom. The van der Waals surface area contributed by atoms with Crippen LogP contribution in [0.3, 0.4) is 0 Å². The van der Waals surface area contributed by atoms with Gasteiger partial charge in [0.15, 0.2) is 0 Å². The molecule has 0 bridgehead atoms. The fourth-order valence-electron chi connectivity index (χ4n) is 2.78. The van der Waals surface area contributed by atoms with Crippen molar-refractivity contribution >= 4 is 34.3 Å². The van der Waals surface area contributed by atoms with Crippen LogP contribution in [0, 0.1) is 0 Å². The van der Waals surface area contributed by atoms with E-state index in [2.05, 4.69) is 11.4 Å². The number of carbonyl (C=O) groups excluding carboxylic acids is 1. The molecule has 0 aliphatic carbocycles. The number of hydrogen-bond donors (Lipinski definition) is 0. The van der Waals surface area contributed by atoms with E-state index < -0.39 is 0 Å². The van der Waals surface area contributed by atoms with Gasteiger partial charge in [-0.3, -0.25) is 4.79 Å². The van der Waals surface area contributed by atoms with Crippen LogP contribution in [0.5, 0.6) is 0 Å². The number of amides is 1. The predicted molar refractivity (Wildman–Crippen MR) is 88.7 cm³/mol. The fraction of sp³-hybridized carbons (Fsp3) is 0.167. The molecular weight excluding hydrogens is 294 g/mol. The Morgan fingerprint density at radius 1 is 1.27 bits per heavy atom. The van der Waals surface area contributed by atoms with Gasteiger partial charge in [0.05, 0.1) is 0 Å². The van der Waals surface area contributed by atoms with Crippen molar-refractivity contribution in [3.8, 4) is 0 Å². The summed E-state index contributed by atoms with van der Waals surface area (Å²) in [7, 11) is 0. The van der Waals surface area contributed by atoms with Gasteiger partial charge in [0, 0.05) is 29.4 Å². The molecule has 1 aliphatic heterocycles. The van der Waals surface area contributed by atoms with Gasteiger partial charge in [-0.15, -0.1) is 11.3 Å². The zero-order chi connectivity index (χ0) is 14.9. The standard InChI is InChI=1S/C18H15NO2S/c20-18(19-9-7-17-14(12-19)8-10-22-17)6-5-15-11-13-3-1-2-4-16(13)21-15/h1-6,8,10-11H,7,9,12H2/b6-5+. The third-order valence-corrected chi connectivity index (χ3v) is 4.98. The molecule has 0 radical (unpaired) electrons. The van der Waals surface area contributed by atoms with E-state index in [1.807, 2.05) is 35.2 Å². The topological polar surface area (TPSA) is 33.5 Å². The van der Waals surface area contributed by atoms with Crippen molar-refractivity contribution in [2.45, 2.75) is 13.0 Å². The molecule has 3 nitrogen and oxygen atoms in total. The number of rotatable bonds is 2. The van der Waals surface area contributed by atoms with Gasteiger partial charge in [-0.1, -0.05) is 18.2 Å². The highest BCUT2D eigenvalue weighted by atomic mass is 32.1. The van der Waals surface area contributed by atoms with Crippen LogP contribution in [0.15, 0.2) is 52.3 Å². The minimum atomic E-state index is 0.0392. The van der Waals surface area contributed by atoms with Crippen LogP contribution in [0.1, 0.15) is 16.2 Å².